The van der Waals surface area contributed by atoms with Crippen molar-refractivity contribution in [3.05, 3.63) is 35.4 Å². The van der Waals surface area contributed by atoms with Gasteiger partial charge in [-0.2, -0.15) is 0 Å². The van der Waals surface area contributed by atoms with Gasteiger partial charge in [0, 0.05) is 18.4 Å². The number of imide groups is 1. The van der Waals surface area contributed by atoms with Crippen LogP contribution in [-0.4, -0.2) is 29.0 Å². The van der Waals surface area contributed by atoms with Crippen LogP contribution < -0.4 is 0 Å². The standard InChI is InChI=1S/C15H17NO3/c1-11-6-8-12(9-7-11)13(17)10-16-14(18)4-2-3-5-15(16)19/h6-9H,2-5,10H2,1H3. The summed E-state index contributed by atoms with van der Waals surface area (Å²) in [4.78, 5) is 36.8. The lowest BCUT2D eigenvalue weighted by atomic mass is 10.1. The molecule has 1 aromatic rings. The molecule has 1 aliphatic heterocycles. The van der Waals surface area contributed by atoms with E-state index in [1.807, 2.05) is 19.1 Å². The number of likely N-dealkylation sites (tertiary alicyclic amines) is 1. The molecular weight excluding hydrogens is 242 g/mol. The zero-order valence-corrected chi connectivity index (χ0v) is 11.0. The smallest absolute Gasteiger partial charge is 0.229 e. The lowest BCUT2D eigenvalue weighted by molar-refractivity contribution is -0.143. The summed E-state index contributed by atoms with van der Waals surface area (Å²) in [7, 11) is 0. The van der Waals surface area contributed by atoms with Crippen molar-refractivity contribution in [2.75, 3.05) is 6.54 Å². The molecule has 1 saturated heterocycles. The van der Waals surface area contributed by atoms with Crippen LogP contribution >= 0.6 is 0 Å². The Morgan fingerprint density at radius 2 is 1.58 bits per heavy atom. The van der Waals surface area contributed by atoms with E-state index < -0.39 is 0 Å². The Bertz CT molecular complexity index is 487. The Kier molecular flexibility index (Phi) is 4.10. The van der Waals surface area contributed by atoms with Gasteiger partial charge in [-0.1, -0.05) is 29.8 Å². The van der Waals surface area contributed by atoms with Crippen LogP contribution in [-0.2, 0) is 9.59 Å². The number of hydrogen-bond donors (Lipinski definition) is 0. The largest absolute Gasteiger partial charge is 0.292 e. The summed E-state index contributed by atoms with van der Waals surface area (Å²) >= 11 is 0. The van der Waals surface area contributed by atoms with Gasteiger partial charge < -0.3 is 0 Å². The molecule has 2 rings (SSSR count). The first-order valence-corrected chi connectivity index (χ1v) is 6.51. The van der Waals surface area contributed by atoms with Gasteiger partial charge in [-0.05, 0) is 19.8 Å². The minimum absolute atomic E-state index is 0.138. The maximum atomic E-state index is 12.1. The van der Waals surface area contributed by atoms with Gasteiger partial charge in [-0.25, -0.2) is 0 Å². The van der Waals surface area contributed by atoms with Crippen LogP contribution in [0.2, 0.25) is 0 Å². The van der Waals surface area contributed by atoms with Crippen LogP contribution in [0.3, 0.4) is 0 Å². The predicted octanol–water partition coefficient (Wildman–Crippen LogP) is 2.11. The second-order valence-electron chi connectivity index (χ2n) is 4.87. The molecule has 4 heteroatoms. The Labute approximate surface area is 112 Å². The molecule has 100 valence electrons. The maximum absolute atomic E-state index is 12.1. The highest BCUT2D eigenvalue weighted by molar-refractivity contribution is 6.04. The van der Waals surface area contributed by atoms with E-state index in [0.29, 0.717) is 18.4 Å². The highest BCUT2D eigenvalue weighted by Crippen LogP contribution is 2.14. The number of hydrogen-bond acceptors (Lipinski definition) is 3. The van der Waals surface area contributed by atoms with Crippen LogP contribution in [0.25, 0.3) is 0 Å². The Hall–Kier alpha value is -1.97. The van der Waals surface area contributed by atoms with E-state index in [0.717, 1.165) is 23.3 Å². The first kappa shape index (κ1) is 13.5. The number of carbonyl (C=O) groups excluding carboxylic acids is 3. The van der Waals surface area contributed by atoms with Crippen LogP contribution in [0.15, 0.2) is 24.3 Å². The normalized spacial score (nSPS) is 16.4. The third-order valence-corrected chi connectivity index (χ3v) is 3.31. The fourth-order valence-electron chi connectivity index (χ4n) is 2.11. The van der Waals surface area contributed by atoms with Gasteiger partial charge in [0.25, 0.3) is 0 Å². The zero-order chi connectivity index (χ0) is 13.8. The van der Waals surface area contributed by atoms with Crippen molar-refractivity contribution in [2.24, 2.45) is 0 Å². The number of benzene rings is 1. The van der Waals surface area contributed by atoms with Gasteiger partial charge in [0.15, 0.2) is 5.78 Å². The summed E-state index contributed by atoms with van der Waals surface area (Å²) in [5.74, 6) is -0.658. The maximum Gasteiger partial charge on any atom is 0.229 e. The second-order valence-corrected chi connectivity index (χ2v) is 4.87. The first-order valence-electron chi connectivity index (χ1n) is 6.51. The molecule has 0 atom stereocenters. The van der Waals surface area contributed by atoms with Gasteiger partial charge >= 0.3 is 0 Å². The number of aryl methyl sites for hydroxylation is 1. The van der Waals surface area contributed by atoms with Gasteiger partial charge in [0.2, 0.25) is 11.8 Å². The second kappa shape index (κ2) is 5.78. The summed E-state index contributed by atoms with van der Waals surface area (Å²) in [6, 6.07) is 7.15. The monoisotopic (exact) mass is 259 g/mol. The third kappa shape index (κ3) is 3.28. The van der Waals surface area contributed by atoms with Crippen molar-refractivity contribution in [2.45, 2.75) is 32.6 Å². The average Bonchev–Trinajstić information content (AvgIpc) is 2.54. The molecule has 2 amide bonds. The lowest BCUT2D eigenvalue weighted by Gasteiger charge is -2.17. The molecule has 1 heterocycles. The Morgan fingerprint density at radius 1 is 1.05 bits per heavy atom. The molecule has 0 bridgehead atoms. The summed E-state index contributed by atoms with van der Waals surface area (Å²) in [5, 5.41) is 0. The number of nitrogens with zero attached hydrogens (tertiary/aromatic N) is 1. The SMILES string of the molecule is Cc1ccc(C(=O)CN2C(=O)CCCCC2=O)cc1. The van der Waals surface area contributed by atoms with Crippen LogP contribution in [0.4, 0.5) is 0 Å². The highest BCUT2D eigenvalue weighted by atomic mass is 16.2. The topological polar surface area (TPSA) is 54.5 Å². The summed E-state index contributed by atoms with van der Waals surface area (Å²) in [5.41, 5.74) is 1.61. The molecule has 0 spiro atoms. The van der Waals surface area contributed by atoms with Crippen LogP contribution in [0.1, 0.15) is 41.6 Å². The van der Waals surface area contributed by atoms with Gasteiger partial charge in [0.1, 0.15) is 0 Å². The quantitative estimate of drug-likeness (QED) is 0.617. The van der Waals surface area contributed by atoms with E-state index in [-0.39, 0.29) is 24.1 Å². The molecule has 0 N–H and O–H groups in total. The van der Waals surface area contributed by atoms with Gasteiger partial charge in [-0.3, -0.25) is 19.3 Å². The number of carbonyl (C=O) groups is 3. The average molecular weight is 259 g/mol. The molecular formula is C15H17NO3. The molecule has 0 aliphatic carbocycles. The van der Waals surface area contributed by atoms with Gasteiger partial charge in [-0.15, -0.1) is 0 Å². The van der Waals surface area contributed by atoms with Crippen molar-refractivity contribution >= 4 is 17.6 Å². The summed E-state index contributed by atoms with van der Waals surface area (Å²) < 4.78 is 0. The molecule has 1 aliphatic rings. The molecule has 4 nitrogen and oxygen atoms in total. The van der Waals surface area contributed by atoms with E-state index in [1.165, 1.54) is 0 Å². The fraction of sp³-hybridized carbons (Fsp3) is 0.400. The van der Waals surface area contributed by atoms with E-state index in [2.05, 4.69) is 0 Å². The van der Waals surface area contributed by atoms with Crippen molar-refractivity contribution in [1.29, 1.82) is 0 Å². The number of rotatable bonds is 3. The molecule has 0 radical (unpaired) electrons. The van der Waals surface area contributed by atoms with E-state index >= 15 is 0 Å². The first-order chi connectivity index (χ1) is 9.08. The highest BCUT2D eigenvalue weighted by Gasteiger charge is 2.26. The molecule has 0 aromatic heterocycles. The summed E-state index contributed by atoms with van der Waals surface area (Å²) in [6.45, 7) is 1.80. The third-order valence-electron chi connectivity index (χ3n) is 3.31. The molecule has 0 saturated carbocycles. The number of ketones is 1. The van der Waals surface area contributed by atoms with Crippen molar-refractivity contribution in [1.82, 2.24) is 4.90 Å². The molecule has 0 unspecified atom stereocenters. The lowest BCUT2D eigenvalue weighted by Crippen LogP contribution is -2.39. The minimum Gasteiger partial charge on any atom is -0.292 e. The zero-order valence-electron chi connectivity index (χ0n) is 11.0. The molecule has 1 aromatic carbocycles. The Balaban J connectivity index is 2.10. The Morgan fingerprint density at radius 3 is 2.11 bits per heavy atom. The fourth-order valence-corrected chi connectivity index (χ4v) is 2.11. The van der Waals surface area contributed by atoms with Crippen molar-refractivity contribution < 1.29 is 14.4 Å². The number of Topliss-reactive ketones (excluding diaryl/α,β-unsaturated/α-hetero) is 1. The van der Waals surface area contributed by atoms with Crippen LogP contribution in [0.5, 0.6) is 0 Å². The summed E-state index contributed by atoms with van der Waals surface area (Å²) in [6.07, 6.45) is 2.15. The van der Waals surface area contributed by atoms with Gasteiger partial charge in [0.05, 0.1) is 6.54 Å². The van der Waals surface area contributed by atoms with E-state index in [1.54, 1.807) is 12.1 Å². The minimum atomic E-state index is -0.233. The van der Waals surface area contributed by atoms with E-state index in [9.17, 15) is 14.4 Å². The van der Waals surface area contributed by atoms with Crippen LogP contribution in [0, 0.1) is 6.92 Å². The molecule has 19 heavy (non-hydrogen) atoms. The van der Waals surface area contributed by atoms with Crippen molar-refractivity contribution in [3.63, 3.8) is 0 Å². The predicted molar refractivity (Wildman–Crippen MR) is 70.7 cm³/mol. The molecule has 1 fully saturated rings. The number of amides is 2. The van der Waals surface area contributed by atoms with Crippen molar-refractivity contribution in [3.8, 4) is 0 Å². The van der Waals surface area contributed by atoms with E-state index in [4.69, 9.17) is 0 Å².